The molecule has 0 aromatic heterocycles. The molecule has 1 aliphatic heterocycles. The van der Waals surface area contributed by atoms with Gasteiger partial charge in [-0.1, -0.05) is 66.3 Å². The molecule has 2 fully saturated rings. The Bertz CT molecular complexity index is 489. The number of thioether (sulfide) groups is 1. The second-order valence-corrected chi connectivity index (χ2v) is 9.61. The Labute approximate surface area is 167 Å². The summed E-state index contributed by atoms with van der Waals surface area (Å²) in [5.74, 6) is -0.466. The molecule has 0 aromatic carbocycles. The molecule has 5 nitrogen and oxygen atoms in total. The molecule has 1 amide bonds. The molecule has 0 bridgehead atoms. The van der Waals surface area contributed by atoms with E-state index in [0.717, 1.165) is 37.4 Å². The maximum atomic E-state index is 12.6. The number of halogens is 3. The lowest BCUT2D eigenvalue weighted by molar-refractivity contribution is -0.150. The van der Waals surface area contributed by atoms with Crippen LogP contribution in [0.25, 0.3) is 0 Å². The predicted octanol–water partition coefficient (Wildman–Crippen LogP) is 3.99. The molecule has 25 heavy (non-hydrogen) atoms. The third-order valence-corrected chi connectivity index (χ3v) is 5.71. The zero-order valence-corrected chi connectivity index (χ0v) is 17.4. The summed E-state index contributed by atoms with van der Waals surface area (Å²) in [6.07, 6.45) is 4.12. The van der Waals surface area contributed by atoms with Crippen LogP contribution in [0, 0.1) is 17.8 Å². The monoisotopic (exact) mass is 431 g/mol. The maximum absolute atomic E-state index is 12.6. The van der Waals surface area contributed by atoms with Gasteiger partial charge in [0.25, 0.3) is 0 Å². The number of rotatable bonds is 4. The van der Waals surface area contributed by atoms with Crippen molar-refractivity contribution in [2.24, 2.45) is 17.8 Å². The summed E-state index contributed by atoms with van der Waals surface area (Å²) in [5.41, 5.74) is 0. The highest BCUT2D eigenvalue weighted by Gasteiger charge is 2.48. The standard InChI is InChI=1S/C15H23NO4S.CHCl3/c1-9(8-21-10(2)17)14(18)16-7-11-5-3-4-6-12(11)13(16)15(19)20;2-1(3)4/h9,11-13H,3-8H2,1-2H3,(H,19,20);1H. The van der Waals surface area contributed by atoms with Crippen LogP contribution in [-0.4, -0.2) is 49.6 Å². The molecule has 1 aliphatic carbocycles. The Kier molecular flexibility index (Phi) is 9.93. The minimum atomic E-state index is -0.885. The van der Waals surface area contributed by atoms with Crippen LogP contribution in [0.4, 0.5) is 0 Å². The molecule has 4 unspecified atom stereocenters. The summed E-state index contributed by atoms with van der Waals surface area (Å²) < 4.78 is -0.750. The van der Waals surface area contributed by atoms with Crippen LogP contribution in [0.15, 0.2) is 0 Å². The number of hydrogen-bond acceptors (Lipinski definition) is 4. The number of carbonyl (C=O) groups is 3. The lowest BCUT2D eigenvalue weighted by atomic mass is 9.78. The van der Waals surface area contributed by atoms with Gasteiger partial charge in [-0.25, -0.2) is 4.79 Å². The fraction of sp³-hybridized carbons (Fsp3) is 0.812. The Morgan fingerprint density at radius 1 is 1.20 bits per heavy atom. The first-order valence-electron chi connectivity index (χ1n) is 8.24. The molecule has 0 radical (unpaired) electrons. The number of carboxylic acids is 1. The minimum Gasteiger partial charge on any atom is -0.480 e. The molecule has 144 valence electrons. The van der Waals surface area contributed by atoms with Gasteiger partial charge in [-0.05, 0) is 24.7 Å². The molecule has 1 heterocycles. The molecular formula is C16H24Cl3NO4S. The van der Waals surface area contributed by atoms with Crippen LogP contribution in [-0.2, 0) is 14.4 Å². The molecule has 4 atom stereocenters. The smallest absolute Gasteiger partial charge is 0.326 e. The van der Waals surface area contributed by atoms with Gasteiger partial charge in [0.05, 0.1) is 0 Å². The lowest BCUT2D eigenvalue weighted by Crippen LogP contribution is -2.45. The quantitative estimate of drug-likeness (QED) is 0.680. The van der Waals surface area contributed by atoms with E-state index < -0.39 is 16.3 Å². The fourth-order valence-corrected chi connectivity index (χ4v) is 4.24. The van der Waals surface area contributed by atoms with Gasteiger partial charge in [-0.2, -0.15) is 0 Å². The normalized spacial score (nSPS) is 26.5. The van der Waals surface area contributed by atoms with E-state index in [1.807, 2.05) is 0 Å². The van der Waals surface area contributed by atoms with E-state index in [1.54, 1.807) is 11.8 Å². The summed E-state index contributed by atoms with van der Waals surface area (Å²) >= 11 is 15.5. The van der Waals surface area contributed by atoms with Crippen molar-refractivity contribution in [3.05, 3.63) is 0 Å². The second kappa shape index (κ2) is 10.9. The number of fused-ring (bicyclic) bond motifs is 1. The van der Waals surface area contributed by atoms with Gasteiger partial charge in [-0.3, -0.25) is 9.59 Å². The first-order valence-corrected chi connectivity index (χ1v) is 10.5. The van der Waals surface area contributed by atoms with E-state index in [9.17, 15) is 19.5 Å². The van der Waals surface area contributed by atoms with E-state index in [4.69, 9.17) is 34.8 Å². The molecule has 1 N–H and O–H groups in total. The number of nitrogens with zero attached hydrogens (tertiary/aromatic N) is 1. The van der Waals surface area contributed by atoms with Crippen molar-refractivity contribution in [1.82, 2.24) is 4.90 Å². The van der Waals surface area contributed by atoms with Crippen molar-refractivity contribution in [3.8, 4) is 0 Å². The van der Waals surface area contributed by atoms with Gasteiger partial charge >= 0.3 is 5.97 Å². The van der Waals surface area contributed by atoms with E-state index >= 15 is 0 Å². The van der Waals surface area contributed by atoms with E-state index in [1.165, 1.54) is 6.92 Å². The first-order chi connectivity index (χ1) is 11.6. The topological polar surface area (TPSA) is 74.7 Å². The van der Waals surface area contributed by atoms with Crippen LogP contribution >= 0.6 is 46.6 Å². The Morgan fingerprint density at radius 3 is 2.28 bits per heavy atom. The van der Waals surface area contributed by atoms with Gasteiger partial charge in [0.15, 0.2) is 9.41 Å². The number of aliphatic carboxylic acids is 1. The molecule has 2 aliphatic rings. The van der Waals surface area contributed by atoms with Crippen molar-refractivity contribution in [2.45, 2.75) is 49.9 Å². The van der Waals surface area contributed by atoms with Crippen molar-refractivity contribution < 1.29 is 19.5 Å². The Balaban J connectivity index is 0.000000705. The Hall–Kier alpha value is -0.170. The number of alkyl halides is 3. The van der Waals surface area contributed by atoms with Gasteiger partial charge in [0.2, 0.25) is 5.91 Å². The maximum Gasteiger partial charge on any atom is 0.326 e. The van der Waals surface area contributed by atoms with Crippen molar-refractivity contribution >= 4 is 63.6 Å². The Morgan fingerprint density at radius 2 is 1.76 bits per heavy atom. The van der Waals surface area contributed by atoms with Crippen LogP contribution in [0.2, 0.25) is 0 Å². The predicted molar refractivity (Wildman–Crippen MR) is 102 cm³/mol. The molecule has 1 saturated heterocycles. The molecule has 1 saturated carbocycles. The number of likely N-dealkylation sites (tertiary alicyclic amines) is 1. The van der Waals surface area contributed by atoms with Crippen LogP contribution in [0.5, 0.6) is 0 Å². The number of carbonyl (C=O) groups excluding carboxylic acids is 2. The average molecular weight is 433 g/mol. The fourth-order valence-electron chi connectivity index (χ4n) is 3.62. The highest BCUT2D eigenvalue weighted by atomic mass is 35.6. The van der Waals surface area contributed by atoms with Gasteiger partial charge < -0.3 is 10.0 Å². The molecule has 0 spiro atoms. The third-order valence-electron chi connectivity index (χ3n) is 4.63. The number of amides is 1. The van der Waals surface area contributed by atoms with Crippen molar-refractivity contribution in [3.63, 3.8) is 0 Å². The minimum absolute atomic E-state index is 0.0143. The summed E-state index contributed by atoms with van der Waals surface area (Å²) in [7, 11) is 0. The van der Waals surface area contributed by atoms with Crippen LogP contribution < -0.4 is 0 Å². The second-order valence-electron chi connectivity index (χ2n) is 6.43. The van der Waals surface area contributed by atoms with Crippen molar-refractivity contribution in [1.29, 1.82) is 0 Å². The lowest BCUT2D eigenvalue weighted by Gasteiger charge is -2.28. The average Bonchev–Trinajstić information content (AvgIpc) is 2.90. The van der Waals surface area contributed by atoms with Crippen LogP contribution in [0.3, 0.4) is 0 Å². The highest BCUT2D eigenvalue weighted by Crippen LogP contribution is 2.41. The van der Waals surface area contributed by atoms with E-state index in [0.29, 0.717) is 18.2 Å². The summed E-state index contributed by atoms with van der Waals surface area (Å²) in [6.45, 7) is 3.82. The van der Waals surface area contributed by atoms with E-state index in [2.05, 4.69) is 0 Å². The summed E-state index contributed by atoms with van der Waals surface area (Å²) in [5, 5.41) is 9.50. The molecule has 2 rings (SSSR count). The SMILES string of the molecule is CC(=O)SCC(C)C(=O)N1CC2CCCCC2C1C(=O)O.ClC(Cl)Cl. The third kappa shape index (κ3) is 7.16. The zero-order valence-electron chi connectivity index (χ0n) is 14.3. The first kappa shape index (κ1) is 22.9. The van der Waals surface area contributed by atoms with E-state index in [-0.39, 0.29) is 22.9 Å². The summed E-state index contributed by atoms with van der Waals surface area (Å²) in [4.78, 5) is 36.7. The van der Waals surface area contributed by atoms with Gasteiger partial charge in [0, 0.05) is 25.1 Å². The number of carboxylic acid groups (broad SMARTS) is 1. The van der Waals surface area contributed by atoms with Crippen molar-refractivity contribution in [2.75, 3.05) is 12.3 Å². The highest BCUT2D eigenvalue weighted by molar-refractivity contribution is 8.13. The number of hydrogen-bond donors (Lipinski definition) is 1. The van der Waals surface area contributed by atoms with Gasteiger partial charge in [0.1, 0.15) is 6.04 Å². The zero-order chi connectivity index (χ0) is 19.1. The molecule has 9 heteroatoms. The van der Waals surface area contributed by atoms with Gasteiger partial charge in [-0.15, -0.1) is 0 Å². The largest absolute Gasteiger partial charge is 0.480 e. The molecule has 0 aromatic rings. The summed E-state index contributed by atoms with van der Waals surface area (Å²) in [6, 6.07) is -0.674. The van der Waals surface area contributed by atoms with Crippen LogP contribution in [0.1, 0.15) is 39.5 Å². The molecular weight excluding hydrogens is 409 g/mol.